The van der Waals surface area contributed by atoms with Crippen LogP contribution < -0.4 is 10.1 Å². The van der Waals surface area contributed by atoms with Gasteiger partial charge in [-0.3, -0.25) is 4.79 Å². The number of nitrogens with zero attached hydrogens (tertiary/aromatic N) is 4. The number of fused-ring (bicyclic) bond motifs is 2. The number of hydrogen-bond donors (Lipinski definition) is 1. The second-order valence-corrected chi connectivity index (χ2v) is 19.9. The Labute approximate surface area is 281 Å². The average Bonchev–Trinajstić information content (AvgIpc) is 3.39. The van der Waals surface area contributed by atoms with Crippen molar-refractivity contribution in [3.05, 3.63) is 82.3 Å². The fraction of sp³-hybridized carbons (Fsp3) is 0.429. The van der Waals surface area contributed by atoms with Gasteiger partial charge >= 0.3 is 0 Å². The van der Waals surface area contributed by atoms with Crippen molar-refractivity contribution in [2.45, 2.75) is 82.9 Å². The van der Waals surface area contributed by atoms with Crippen molar-refractivity contribution in [3.63, 3.8) is 0 Å². The topological polar surface area (TPSA) is 90.6 Å². The van der Waals surface area contributed by atoms with E-state index in [1.165, 1.54) is 11.1 Å². The SMILES string of the molecule is COc1cnc(Cl)cc1-c1cc2cnc(C)n2cc1C(=O)Nc1ccc2c(n1)CSCC2C1=CCC(O[Si](C)(C)C(C)(C)C)CC1. The zero-order chi connectivity index (χ0) is 32.8. The molecule has 0 spiro atoms. The van der Waals surface area contributed by atoms with Crippen molar-refractivity contribution >= 4 is 48.9 Å². The molecule has 242 valence electrons. The van der Waals surface area contributed by atoms with Gasteiger partial charge in [-0.05, 0) is 68.1 Å². The first kappa shape index (κ1) is 32.7. The van der Waals surface area contributed by atoms with Crippen LogP contribution in [0.1, 0.15) is 73.4 Å². The first-order valence-corrected chi connectivity index (χ1v) is 20.2. The van der Waals surface area contributed by atoms with Crippen LogP contribution in [0, 0.1) is 6.92 Å². The molecule has 4 aromatic rings. The van der Waals surface area contributed by atoms with Gasteiger partial charge in [-0.2, -0.15) is 11.8 Å². The van der Waals surface area contributed by atoms with Gasteiger partial charge in [0.05, 0.1) is 36.3 Å². The molecule has 6 rings (SSSR count). The van der Waals surface area contributed by atoms with E-state index in [0.29, 0.717) is 45.4 Å². The van der Waals surface area contributed by atoms with Crippen LogP contribution >= 0.6 is 23.4 Å². The second-order valence-electron chi connectivity index (χ2n) is 13.7. The molecule has 8 nitrogen and oxygen atoms in total. The number of halogens is 1. The van der Waals surface area contributed by atoms with Crippen LogP contribution in [0.15, 0.2) is 54.5 Å². The molecular formula is C35H42ClN5O3SSi. The Hall–Kier alpha value is -3.18. The summed E-state index contributed by atoms with van der Waals surface area (Å²) in [6.45, 7) is 13.5. The third-order valence-electron chi connectivity index (χ3n) is 9.70. The Balaban J connectivity index is 1.25. The Morgan fingerprint density at radius 1 is 1.15 bits per heavy atom. The number of amides is 1. The van der Waals surface area contributed by atoms with Crippen molar-refractivity contribution < 1.29 is 14.0 Å². The molecule has 46 heavy (non-hydrogen) atoms. The first-order chi connectivity index (χ1) is 21.8. The minimum atomic E-state index is -1.80. The number of carbonyl (C=O) groups is 1. The van der Waals surface area contributed by atoms with E-state index < -0.39 is 8.32 Å². The van der Waals surface area contributed by atoms with Gasteiger partial charge in [-0.1, -0.05) is 50.1 Å². The maximum atomic E-state index is 13.9. The number of aryl methyl sites for hydroxylation is 1. The maximum absolute atomic E-state index is 13.9. The summed E-state index contributed by atoms with van der Waals surface area (Å²) in [6.07, 6.45) is 10.9. The van der Waals surface area contributed by atoms with Crippen molar-refractivity contribution in [1.29, 1.82) is 0 Å². The summed E-state index contributed by atoms with van der Waals surface area (Å²) >= 11 is 8.19. The smallest absolute Gasteiger partial charge is 0.258 e. The quantitative estimate of drug-likeness (QED) is 0.119. The maximum Gasteiger partial charge on any atom is 0.258 e. The van der Waals surface area contributed by atoms with Gasteiger partial charge in [0.15, 0.2) is 8.32 Å². The number of anilines is 1. The molecule has 2 atom stereocenters. The number of rotatable bonds is 7. The molecule has 11 heteroatoms. The Kier molecular flexibility index (Phi) is 9.10. The number of hydrogen-bond acceptors (Lipinski definition) is 7. The van der Waals surface area contributed by atoms with E-state index in [9.17, 15) is 4.79 Å². The van der Waals surface area contributed by atoms with Crippen molar-refractivity contribution in [2.24, 2.45) is 0 Å². The lowest BCUT2D eigenvalue weighted by Gasteiger charge is -2.40. The molecule has 4 aromatic heterocycles. The summed E-state index contributed by atoms with van der Waals surface area (Å²) in [7, 11) is -0.224. The van der Waals surface area contributed by atoms with Crippen LogP contribution in [-0.2, 0) is 10.2 Å². The van der Waals surface area contributed by atoms with Crippen LogP contribution in [0.2, 0.25) is 23.3 Å². The van der Waals surface area contributed by atoms with E-state index in [1.807, 2.05) is 35.2 Å². The van der Waals surface area contributed by atoms with E-state index in [2.05, 4.69) is 61.3 Å². The molecule has 0 saturated carbocycles. The molecule has 0 fully saturated rings. The fourth-order valence-electron chi connectivity index (χ4n) is 6.08. The molecule has 2 aliphatic rings. The zero-order valence-electron chi connectivity index (χ0n) is 27.6. The average molecular weight is 676 g/mol. The third kappa shape index (κ3) is 6.49. The van der Waals surface area contributed by atoms with Gasteiger partial charge in [-0.25, -0.2) is 15.0 Å². The molecule has 0 bridgehead atoms. The standard InChI is InChI=1S/C35H42ClN5O3SSi/c1-21-37-16-23-14-26(27-15-32(36)38-17-31(27)43-5)28(18-41(21)23)34(42)40-33-13-12-25-29(19-45-20-30(25)39-33)22-8-10-24(11-9-22)44-46(6,7)35(2,3)4/h8,12-18,24,29H,9-11,19-20H2,1-7H3,(H,39,40,42). The van der Waals surface area contributed by atoms with E-state index in [0.717, 1.165) is 47.8 Å². The Bertz CT molecular complexity index is 1830. The number of thioether (sulfide) groups is 1. The number of aromatic nitrogens is 4. The minimum Gasteiger partial charge on any atom is -0.494 e. The van der Waals surface area contributed by atoms with Gasteiger partial charge in [0.2, 0.25) is 0 Å². The number of allylic oxidation sites excluding steroid dienone is 1. The molecule has 0 aromatic carbocycles. The Morgan fingerprint density at radius 3 is 2.67 bits per heavy atom. The van der Waals surface area contributed by atoms with E-state index in [-0.39, 0.29) is 10.9 Å². The lowest BCUT2D eigenvalue weighted by Crippen LogP contribution is -2.44. The van der Waals surface area contributed by atoms with Crippen LogP contribution in [0.5, 0.6) is 5.75 Å². The molecule has 0 radical (unpaired) electrons. The molecule has 1 aliphatic heterocycles. The van der Waals surface area contributed by atoms with Gasteiger partial charge < -0.3 is 18.9 Å². The van der Waals surface area contributed by atoms with Crippen molar-refractivity contribution in [3.8, 4) is 16.9 Å². The van der Waals surface area contributed by atoms with E-state index in [1.54, 1.807) is 31.8 Å². The summed E-state index contributed by atoms with van der Waals surface area (Å²) in [6, 6.07) is 7.71. The van der Waals surface area contributed by atoms with Crippen molar-refractivity contribution in [1.82, 2.24) is 19.4 Å². The monoisotopic (exact) mass is 675 g/mol. The Morgan fingerprint density at radius 2 is 1.96 bits per heavy atom. The van der Waals surface area contributed by atoms with Crippen molar-refractivity contribution in [2.75, 3.05) is 18.2 Å². The summed E-state index contributed by atoms with van der Waals surface area (Å²) in [5, 5.41) is 3.59. The lowest BCUT2D eigenvalue weighted by atomic mass is 9.84. The molecule has 0 saturated heterocycles. The minimum absolute atomic E-state index is 0.209. The second kappa shape index (κ2) is 12.8. The summed E-state index contributed by atoms with van der Waals surface area (Å²) in [4.78, 5) is 27.5. The number of ether oxygens (including phenoxy) is 1. The molecule has 1 N–H and O–H groups in total. The van der Waals surface area contributed by atoms with Gasteiger partial charge in [0, 0.05) is 40.9 Å². The van der Waals surface area contributed by atoms with Crippen LogP contribution in [0.25, 0.3) is 16.6 Å². The molecule has 1 aliphatic carbocycles. The number of methoxy groups -OCH3 is 1. The molecule has 2 unspecified atom stereocenters. The largest absolute Gasteiger partial charge is 0.494 e. The van der Waals surface area contributed by atoms with E-state index >= 15 is 0 Å². The summed E-state index contributed by atoms with van der Waals surface area (Å²) < 4.78 is 14.2. The first-order valence-electron chi connectivity index (χ1n) is 15.8. The summed E-state index contributed by atoms with van der Waals surface area (Å²) in [5.41, 5.74) is 6.42. The van der Waals surface area contributed by atoms with Gasteiger partial charge in [-0.15, -0.1) is 0 Å². The van der Waals surface area contributed by atoms with E-state index in [4.69, 9.17) is 25.7 Å². The number of carbonyl (C=O) groups excluding carboxylic acids is 1. The highest BCUT2D eigenvalue weighted by Gasteiger charge is 2.39. The van der Waals surface area contributed by atoms with Crippen LogP contribution in [0.3, 0.4) is 0 Å². The number of pyridine rings is 3. The third-order valence-corrected chi connectivity index (χ3v) is 15.5. The highest BCUT2D eigenvalue weighted by Crippen LogP contribution is 2.43. The summed E-state index contributed by atoms with van der Waals surface area (Å²) in [5.74, 6) is 3.74. The zero-order valence-corrected chi connectivity index (χ0v) is 30.2. The highest BCUT2D eigenvalue weighted by atomic mass is 35.5. The fourth-order valence-corrected chi connectivity index (χ4v) is 8.81. The van der Waals surface area contributed by atoms with Crippen LogP contribution in [-0.4, -0.2) is 52.5 Å². The van der Waals surface area contributed by atoms with Crippen LogP contribution in [0.4, 0.5) is 5.82 Å². The number of imidazole rings is 1. The predicted octanol–water partition coefficient (Wildman–Crippen LogP) is 8.85. The highest BCUT2D eigenvalue weighted by molar-refractivity contribution is 7.98. The number of nitrogens with one attached hydrogen (secondary N) is 1. The molecule has 5 heterocycles. The predicted molar refractivity (Wildman–Crippen MR) is 190 cm³/mol. The normalized spacial score (nSPS) is 18.7. The van der Waals surface area contributed by atoms with Gasteiger partial charge in [0.1, 0.15) is 22.5 Å². The van der Waals surface area contributed by atoms with Gasteiger partial charge in [0.25, 0.3) is 5.91 Å². The molecular weight excluding hydrogens is 634 g/mol. The lowest BCUT2D eigenvalue weighted by molar-refractivity contribution is 0.102. The molecule has 1 amide bonds.